The van der Waals surface area contributed by atoms with Gasteiger partial charge in [-0.15, -0.1) is 0 Å². The smallest absolute Gasteiger partial charge is 0.166 e. The Morgan fingerprint density at radius 2 is 1.71 bits per heavy atom. The van der Waals surface area contributed by atoms with E-state index in [1.54, 1.807) is 19.2 Å². The average Bonchev–Trinajstić information content (AvgIpc) is 2.80. The molecule has 166 valence electrons. The predicted molar refractivity (Wildman–Crippen MR) is 118 cm³/mol. The number of hydrogen-bond acceptors (Lipinski definition) is 5. The Morgan fingerprint density at radius 1 is 1.03 bits per heavy atom. The number of aliphatic hydroxyl groups excluding tert-OH is 1. The van der Waals surface area contributed by atoms with Crippen LogP contribution in [0.3, 0.4) is 0 Å². The summed E-state index contributed by atoms with van der Waals surface area (Å²) in [6, 6.07) is 14.1. The van der Waals surface area contributed by atoms with Crippen LogP contribution in [0.1, 0.15) is 35.2 Å². The van der Waals surface area contributed by atoms with Gasteiger partial charge < -0.3 is 9.84 Å². The molecule has 0 spiro atoms. The number of aliphatic hydroxyl groups is 1. The van der Waals surface area contributed by atoms with Gasteiger partial charge in [0.15, 0.2) is 5.78 Å². The number of ketones is 1. The Morgan fingerprint density at radius 3 is 2.32 bits per heavy atom. The maximum absolute atomic E-state index is 13.1. The van der Waals surface area contributed by atoms with Crippen molar-refractivity contribution in [3.63, 3.8) is 0 Å². The molecule has 0 bridgehead atoms. The first kappa shape index (κ1) is 21.9. The highest BCUT2D eigenvalue weighted by atomic mass is 19.1. The van der Waals surface area contributed by atoms with E-state index in [4.69, 9.17) is 4.74 Å². The van der Waals surface area contributed by atoms with Gasteiger partial charge in [-0.1, -0.05) is 12.1 Å². The Bertz CT molecular complexity index is 863. The van der Waals surface area contributed by atoms with Crippen molar-refractivity contribution in [1.82, 2.24) is 9.80 Å². The van der Waals surface area contributed by atoms with Gasteiger partial charge in [0.25, 0.3) is 0 Å². The topological polar surface area (TPSA) is 53.0 Å². The number of β-amino-alcohol motifs (C(OH)–C–C–N with tert-alkyl or cyclic N) is 1. The molecule has 0 saturated carbocycles. The summed E-state index contributed by atoms with van der Waals surface area (Å²) in [5, 5.41) is 10.8. The van der Waals surface area contributed by atoms with Crippen LogP contribution < -0.4 is 4.74 Å². The van der Waals surface area contributed by atoms with E-state index >= 15 is 0 Å². The van der Waals surface area contributed by atoms with Crippen molar-refractivity contribution >= 4 is 5.78 Å². The Hall–Kier alpha value is -2.28. The van der Waals surface area contributed by atoms with E-state index in [1.165, 1.54) is 17.7 Å². The van der Waals surface area contributed by atoms with Gasteiger partial charge in [-0.05, 0) is 74.3 Å². The molecule has 2 heterocycles. The molecule has 2 aliphatic heterocycles. The molecule has 0 aromatic heterocycles. The Balaban J connectivity index is 1.26. The van der Waals surface area contributed by atoms with Gasteiger partial charge in [-0.3, -0.25) is 14.6 Å². The molecule has 5 nitrogen and oxygen atoms in total. The summed E-state index contributed by atoms with van der Waals surface area (Å²) in [6.07, 6.45) is 2.11. The number of benzene rings is 2. The van der Waals surface area contributed by atoms with Crippen LogP contribution in [0.4, 0.5) is 4.39 Å². The second-order valence-corrected chi connectivity index (χ2v) is 8.69. The van der Waals surface area contributed by atoms with E-state index in [9.17, 15) is 14.3 Å². The van der Waals surface area contributed by atoms with Crippen molar-refractivity contribution in [1.29, 1.82) is 0 Å². The van der Waals surface area contributed by atoms with Gasteiger partial charge in [0.2, 0.25) is 0 Å². The van der Waals surface area contributed by atoms with E-state index in [2.05, 4.69) is 21.9 Å². The van der Waals surface area contributed by atoms with E-state index < -0.39 is 6.10 Å². The van der Waals surface area contributed by atoms with Gasteiger partial charge in [0.05, 0.1) is 13.2 Å². The zero-order chi connectivity index (χ0) is 21.8. The van der Waals surface area contributed by atoms with Gasteiger partial charge in [0.1, 0.15) is 11.6 Å². The third-order valence-electron chi connectivity index (χ3n) is 6.69. The van der Waals surface area contributed by atoms with Crippen molar-refractivity contribution in [2.75, 3.05) is 33.3 Å². The highest BCUT2D eigenvalue weighted by molar-refractivity contribution is 5.97. The van der Waals surface area contributed by atoms with E-state index in [0.717, 1.165) is 51.2 Å². The molecule has 2 atom stereocenters. The van der Waals surface area contributed by atoms with Gasteiger partial charge in [0, 0.05) is 37.2 Å². The number of Topliss-reactive ketones (excluding diaryl/α,β-unsaturated/α-hetero) is 1. The minimum Gasteiger partial charge on any atom is -0.497 e. The lowest BCUT2D eigenvalue weighted by Gasteiger charge is -2.44. The SMILES string of the molecule is COc1ccc(CN2CCC(N3CCC(C(=O)c4ccc(F)cc4)CC3)C(O)C2)cc1. The van der Waals surface area contributed by atoms with Gasteiger partial charge >= 0.3 is 0 Å². The quantitative estimate of drug-likeness (QED) is 0.718. The molecule has 2 saturated heterocycles. The third kappa shape index (κ3) is 5.32. The number of carbonyl (C=O) groups is 1. The number of ether oxygens (including phenoxy) is 1. The molecule has 2 aromatic carbocycles. The molecule has 0 aliphatic carbocycles. The number of hydrogen-bond donors (Lipinski definition) is 1. The highest BCUT2D eigenvalue weighted by Crippen LogP contribution is 2.27. The molecule has 1 N–H and O–H groups in total. The number of nitrogens with zero attached hydrogens (tertiary/aromatic N) is 2. The van der Waals surface area contributed by atoms with Crippen LogP contribution in [0.2, 0.25) is 0 Å². The first-order valence-corrected chi connectivity index (χ1v) is 11.1. The molecule has 4 rings (SSSR count). The van der Waals surface area contributed by atoms with Gasteiger partial charge in [-0.2, -0.15) is 0 Å². The predicted octanol–water partition coefficient (Wildman–Crippen LogP) is 3.36. The van der Waals surface area contributed by atoms with Crippen molar-refractivity contribution in [2.45, 2.75) is 38.0 Å². The number of rotatable bonds is 6. The van der Waals surface area contributed by atoms with Crippen molar-refractivity contribution in [3.05, 3.63) is 65.5 Å². The van der Waals surface area contributed by atoms with Crippen molar-refractivity contribution in [2.24, 2.45) is 5.92 Å². The maximum atomic E-state index is 13.1. The molecule has 2 aromatic rings. The van der Waals surface area contributed by atoms with Gasteiger partial charge in [-0.25, -0.2) is 4.39 Å². The average molecular weight is 427 g/mol. The fourth-order valence-electron chi connectivity index (χ4n) is 4.89. The summed E-state index contributed by atoms with van der Waals surface area (Å²) in [7, 11) is 1.66. The van der Waals surface area contributed by atoms with E-state index in [1.807, 2.05) is 12.1 Å². The minimum absolute atomic E-state index is 0.0194. The summed E-state index contributed by atoms with van der Waals surface area (Å²) < 4.78 is 18.3. The Labute approximate surface area is 183 Å². The van der Waals surface area contributed by atoms with Crippen LogP contribution in [0, 0.1) is 11.7 Å². The summed E-state index contributed by atoms with van der Waals surface area (Å²) in [5.74, 6) is 0.617. The molecule has 2 unspecified atom stereocenters. The molecule has 0 amide bonds. The molecule has 0 radical (unpaired) electrons. The summed E-state index contributed by atoms with van der Waals surface area (Å²) in [4.78, 5) is 17.4. The van der Waals surface area contributed by atoms with Crippen molar-refractivity contribution in [3.8, 4) is 5.75 Å². The number of halogens is 1. The summed E-state index contributed by atoms with van der Waals surface area (Å²) in [5.41, 5.74) is 1.80. The molecule has 31 heavy (non-hydrogen) atoms. The number of methoxy groups -OCH3 is 1. The monoisotopic (exact) mass is 426 g/mol. The summed E-state index contributed by atoms with van der Waals surface area (Å²) in [6.45, 7) is 4.06. The second-order valence-electron chi connectivity index (χ2n) is 8.69. The molecule has 2 aliphatic rings. The van der Waals surface area contributed by atoms with Crippen LogP contribution in [-0.2, 0) is 6.54 Å². The number of likely N-dealkylation sites (tertiary alicyclic amines) is 2. The lowest BCUT2D eigenvalue weighted by Crippen LogP contribution is -2.55. The maximum Gasteiger partial charge on any atom is 0.166 e. The largest absolute Gasteiger partial charge is 0.497 e. The number of carbonyl (C=O) groups excluding carboxylic acids is 1. The normalized spacial score (nSPS) is 23.6. The fraction of sp³-hybridized carbons (Fsp3) is 0.480. The standard InChI is InChI=1S/C25H31FN2O3/c1-31-22-8-2-18(3-9-22)16-27-13-12-23(24(29)17-27)28-14-10-20(11-15-28)25(30)19-4-6-21(26)7-5-19/h2-9,20,23-24,29H,10-17H2,1H3. The first-order chi connectivity index (χ1) is 15.0. The van der Waals surface area contributed by atoms with E-state index in [0.29, 0.717) is 12.1 Å². The minimum atomic E-state index is -0.392. The zero-order valence-corrected chi connectivity index (χ0v) is 18.0. The fourth-order valence-corrected chi connectivity index (χ4v) is 4.89. The Kier molecular flexibility index (Phi) is 7.00. The molecule has 6 heteroatoms. The summed E-state index contributed by atoms with van der Waals surface area (Å²) >= 11 is 0. The van der Waals surface area contributed by atoms with Crippen molar-refractivity contribution < 1.29 is 19.0 Å². The van der Waals surface area contributed by atoms with Crippen LogP contribution in [0.15, 0.2) is 48.5 Å². The lowest BCUT2D eigenvalue weighted by molar-refractivity contribution is -0.0251. The van der Waals surface area contributed by atoms with Crippen LogP contribution >= 0.6 is 0 Å². The first-order valence-electron chi connectivity index (χ1n) is 11.1. The third-order valence-corrected chi connectivity index (χ3v) is 6.69. The highest BCUT2D eigenvalue weighted by Gasteiger charge is 2.35. The number of piperidine rings is 2. The van der Waals surface area contributed by atoms with Crippen LogP contribution in [0.5, 0.6) is 5.75 Å². The second kappa shape index (κ2) is 9.90. The van der Waals surface area contributed by atoms with E-state index in [-0.39, 0.29) is 23.6 Å². The molecule has 2 fully saturated rings. The zero-order valence-electron chi connectivity index (χ0n) is 18.0. The lowest BCUT2D eigenvalue weighted by atomic mass is 9.87. The van der Waals surface area contributed by atoms with Crippen LogP contribution in [-0.4, -0.2) is 66.1 Å². The molecular weight excluding hydrogens is 395 g/mol. The molecular formula is C25H31FN2O3. The van der Waals surface area contributed by atoms with Crippen LogP contribution in [0.25, 0.3) is 0 Å².